The predicted molar refractivity (Wildman–Crippen MR) is 97.9 cm³/mol. The largest absolute Gasteiger partial charge is 0.459 e. The number of carbonyl (C=O) groups is 1. The van der Waals surface area contributed by atoms with Crippen molar-refractivity contribution in [2.75, 3.05) is 0 Å². The van der Waals surface area contributed by atoms with Gasteiger partial charge < -0.3 is 14.8 Å². The highest BCUT2D eigenvalue weighted by molar-refractivity contribution is 7.13. The second kappa shape index (κ2) is 7.57. The molecule has 0 spiro atoms. The maximum Gasteiger partial charge on any atom is 0.271 e. The molecule has 1 aromatic carbocycles. The van der Waals surface area contributed by atoms with Crippen molar-refractivity contribution in [2.45, 2.75) is 26.0 Å². The number of thiazole rings is 1. The number of rotatable bonds is 5. The minimum atomic E-state index is -1.29. The third-order valence-corrected chi connectivity index (χ3v) is 5.00. The first kappa shape index (κ1) is 18.6. The molecule has 0 bridgehead atoms. The van der Waals surface area contributed by atoms with E-state index in [4.69, 9.17) is 16.0 Å². The number of aromatic nitrogens is 1. The van der Waals surface area contributed by atoms with Gasteiger partial charge in [-0.2, -0.15) is 0 Å². The van der Waals surface area contributed by atoms with Crippen LogP contribution in [0.2, 0.25) is 5.02 Å². The van der Waals surface area contributed by atoms with E-state index >= 15 is 0 Å². The molecule has 136 valence electrons. The van der Waals surface area contributed by atoms with Gasteiger partial charge in [-0.05, 0) is 38.1 Å². The van der Waals surface area contributed by atoms with Crippen molar-refractivity contribution in [2.24, 2.45) is 0 Å². The summed E-state index contributed by atoms with van der Waals surface area (Å²) < 4.78 is 19.4. The number of hydrogen-bond donors (Lipinski definition) is 2. The Bertz CT molecular complexity index is 920. The van der Waals surface area contributed by atoms with Gasteiger partial charge in [-0.3, -0.25) is 4.79 Å². The Labute approximate surface area is 158 Å². The fraction of sp³-hybridized carbons (Fsp3) is 0.222. The van der Waals surface area contributed by atoms with E-state index in [1.807, 2.05) is 13.0 Å². The summed E-state index contributed by atoms with van der Waals surface area (Å²) in [4.78, 5) is 16.6. The van der Waals surface area contributed by atoms with Crippen LogP contribution in [0.4, 0.5) is 4.39 Å². The first-order valence-electron chi connectivity index (χ1n) is 7.82. The van der Waals surface area contributed by atoms with E-state index in [1.54, 1.807) is 18.4 Å². The van der Waals surface area contributed by atoms with Gasteiger partial charge in [0.25, 0.3) is 5.91 Å². The summed E-state index contributed by atoms with van der Waals surface area (Å²) in [5.74, 6) is 0.225. The van der Waals surface area contributed by atoms with Crippen molar-refractivity contribution in [3.05, 3.63) is 63.6 Å². The highest BCUT2D eigenvalue weighted by atomic mass is 35.5. The number of nitrogens with one attached hydrogen (secondary N) is 1. The lowest BCUT2D eigenvalue weighted by Gasteiger charge is -2.21. The first-order valence-corrected chi connectivity index (χ1v) is 9.07. The quantitative estimate of drug-likeness (QED) is 0.674. The minimum Gasteiger partial charge on any atom is -0.459 e. The Morgan fingerprint density at radius 1 is 1.38 bits per heavy atom. The molecule has 3 rings (SSSR count). The van der Waals surface area contributed by atoms with E-state index in [0.29, 0.717) is 10.8 Å². The molecule has 2 aromatic heterocycles. The second-order valence-corrected chi connectivity index (χ2v) is 7.06. The molecule has 0 saturated carbocycles. The third kappa shape index (κ3) is 3.80. The van der Waals surface area contributed by atoms with Gasteiger partial charge >= 0.3 is 0 Å². The van der Waals surface area contributed by atoms with Crippen LogP contribution in [-0.4, -0.2) is 22.0 Å². The Hall–Kier alpha value is -2.22. The molecule has 0 saturated heterocycles. The molecule has 5 nitrogen and oxygen atoms in total. The number of nitrogens with zero attached hydrogens (tertiary/aromatic N) is 1. The molecule has 2 atom stereocenters. The fourth-order valence-corrected chi connectivity index (χ4v) is 3.48. The highest BCUT2D eigenvalue weighted by Crippen LogP contribution is 2.29. The van der Waals surface area contributed by atoms with Gasteiger partial charge in [-0.15, -0.1) is 11.3 Å². The molecular formula is C18H16ClFN2O3S. The maximum atomic E-state index is 13.9. The second-order valence-electron chi connectivity index (χ2n) is 5.79. The van der Waals surface area contributed by atoms with Crippen LogP contribution in [0, 0.1) is 12.7 Å². The summed E-state index contributed by atoms with van der Waals surface area (Å²) in [7, 11) is 0. The predicted octanol–water partition coefficient (Wildman–Crippen LogP) is 4.36. The Kier molecular flexibility index (Phi) is 5.41. The van der Waals surface area contributed by atoms with Crippen molar-refractivity contribution in [1.82, 2.24) is 10.3 Å². The van der Waals surface area contributed by atoms with E-state index in [-0.39, 0.29) is 16.3 Å². The number of amides is 1. The monoisotopic (exact) mass is 394 g/mol. The van der Waals surface area contributed by atoms with E-state index in [9.17, 15) is 14.3 Å². The molecule has 2 heterocycles. The van der Waals surface area contributed by atoms with Gasteiger partial charge in [-0.25, -0.2) is 9.37 Å². The molecule has 0 radical (unpaired) electrons. The molecule has 0 fully saturated rings. The summed E-state index contributed by atoms with van der Waals surface area (Å²) in [6.45, 7) is 3.39. The number of aliphatic hydroxyl groups excluding tert-OH is 1. The number of hydrogen-bond acceptors (Lipinski definition) is 5. The molecule has 3 aromatic rings. The van der Waals surface area contributed by atoms with Crippen LogP contribution in [0.5, 0.6) is 0 Å². The molecular weight excluding hydrogens is 379 g/mol. The molecule has 0 aliphatic heterocycles. The maximum absolute atomic E-state index is 13.9. The number of carbonyl (C=O) groups excluding carboxylic acids is 1. The summed E-state index contributed by atoms with van der Waals surface area (Å²) >= 11 is 7.23. The van der Waals surface area contributed by atoms with E-state index in [1.165, 1.54) is 29.5 Å². The van der Waals surface area contributed by atoms with Gasteiger partial charge in [0.15, 0.2) is 10.8 Å². The number of furan rings is 1. The van der Waals surface area contributed by atoms with Gasteiger partial charge in [0.05, 0.1) is 6.04 Å². The van der Waals surface area contributed by atoms with E-state index in [2.05, 4.69) is 10.3 Å². The van der Waals surface area contributed by atoms with Gasteiger partial charge in [-0.1, -0.05) is 17.7 Å². The fourth-order valence-electron chi connectivity index (χ4n) is 2.44. The lowest BCUT2D eigenvalue weighted by atomic mass is 10.0. The normalized spacial score (nSPS) is 13.4. The SMILES string of the molecule is Cc1ccc(-c2nc(C(=O)N[C@@H](C)[C@H](O)c3c(F)cccc3Cl)cs2)o1. The van der Waals surface area contributed by atoms with Gasteiger partial charge in [0, 0.05) is 16.0 Å². The highest BCUT2D eigenvalue weighted by Gasteiger charge is 2.25. The molecule has 1 amide bonds. The molecule has 2 N–H and O–H groups in total. The standard InChI is InChI=1S/C18H16ClFN2O3S/c1-9-6-7-14(25-9)18-22-13(8-26-18)17(24)21-10(2)16(23)15-11(19)4-3-5-12(15)20/h3-8,10,16,23H,1-2H3,(H,21,24)/t10-,16-/m0/s1. The van der Waals surface area contributed by atoms with Gasteiger partial charge in [0.1, 0.15) is 23.4 Å². The number of benzene rings is 1. The lowest BCUT2D eigenvalue weighted by molar-refractivity contribution is 0.0842. The smallest absolute Gasteiger partial charge is 0.271 e. The van der Waals surface area contributed by atoms with Crippen molar-refractivity contribution >= 4 is 28.8 Å². The van der Waals surface area contributed by atoms with Crippen LogP contribution < -0.4 is 5.32 Å². The van der Waals surface area contributed by atoms with Gasteiger partial charge in [0.2, 0.25) is 0 Å². The Morgan fingerprint density at radius 2 is 2.15 bits per heavy atom. The molecule has 26 heavy (non-hydrogen) atoms. The van der Waals surface area contributed by atoms with Crippen LogP contribution in [0.3, 0.4) is 0 Å². The van der Waals surface area contributed by atoms with Crippen LogP contribution >= 0.6 is 22.9 Å². The van der Waals surface area contributed by atoms with E-state index in [0.717, 1.165) is 5.76 Å². The first-order chi connectivity index (χ1) is 12.4. The van der Waals surface area contributed by atoms with E-state index < -0.39 is 23.9 Å². The number of aryl methyl sites for hydroxylation is 1. The lowest BCUT2D eigenvalue weighted by Crippen LogP contribution is -2.37. The summed E-state index contributed by atoms with van der Waals surface area (Å²) in [6, 6.07) is 6.96. The zero-order chi connectivity index (χ0) is 18.8. The third-order valence-electron chi connectivity index (χ3n) is 3.82. The topological polar surface area (TPSA) is 75.4 Å². The summed E-state index contributed by atoms with van der Waals surface area (Å²) in [6.07, 6.45) is -1.29. The van der Waals surface area contributed by atoms with Crippen molar-refractivity contribution in [3.8, 4) is 10.8 Å². The zero-order valence-electron chi connectivity index (χ0n) is 14.0. The minimum absolute atomic E-state index is 0.0491. The van der Waals surface area contributed by atoms with Crippen LogP contribution in [0.25, 0.3) is 10.8 Å². The van der Waals surface area contributed by atoms with Crippen LogP contribution in [0.1, 0.15) is 34.8 Å². The molecule has 0 unspecified atom stereocenters. The molecule has 8 heteroatoms. The van der Waals surface area contributed by atoms with Crippen LogP contribution in [-0.2, 0) is 0 Å². The summed E-state index contributed by atoms with van der Waals surface area (Å²) in [5.41, 5.74) is 0.143. The average molecular weight is 395 g/mol. The van der Waals surface area contributed by atoms with Crippen molar-refractivity contribution < 1.29 is 18.7 Å². The molecule has 0 aliphatic carbocycles. The molecule has 0 aliphatic rings. The Balaban J connectivity index is 1.72. The van der Waals surface area contributed by atoms with Crippen molar-refractivity contribution in [3.63, 3.8) is 0 Å². The number of halogens is 2. The van der Waals surface area contributed by atoms with Crippen LogP contribution in [0.15, 0.2) is 40.1 Å². The van der Waals surface area contributed by atoms with Crippen molar-refractivity contribution in [1.29, 1.82) is 0 Å². The Morgan fingerprint density at radius 3 is 2.81 bits per heavy atom. The zero-order valence-corrected chi connectivity index (χ0v) is 15.6. The number of aliphatic hydroxyl groups is 1. The average Bonchev–Trinajstić information content (AvgIpc) is 3.23. The summed E-state index contributed by atoms with van der Waals surface area (Å²) in [5, 5.41) is 15.3.